The predicted octanol–water partition coefficient (Wildman–Crippen LogP) is 3.09. The summed E-state index contributed by atoms with van der Waals surface area (Å²) in [6.07, 6.45) is 2.64. The van der Waals surface area contributed by atoms with Crippen LogP contribution in [0.1, 0.15) is 29.6 Å². The maximum absolute atomic E-state index is 12.2. The van der Waals surface area contributed by atoms with Crippen molar-refractivity contribution in [3.63, 3.8) is 0 Å². The lowest BCUT2D eigenvalue weighted by atomic mass is 9.75. The molecule has 0 amide bonds. The fourth-order valence-electron chi connectivity index (χ4n) is 1.91. The third kappa shape index (κ3) is 1.68. The molecule has 1 saturated carbocycles. The van der Waals surface area contributed by atoms with E-state index in [-0.39, 0.29) is 5.78 Å². The maximum atomic E-state index is 12.2. The van der Waals surface area contributed by atoms with Gasteiger partial charge in [-0.25, -0.2) is 0 Å². The van der Waals surface area contributed by atoms with Crippen LogP contribution in [0.2, 0.25) is 5.02 Å². The van der Waals surface area contributed by atoms with Crippen LogP contribution in [0.4, 0.5) is 0 Å². The van der Waals surface area contributed by atoms with E-state index in [4.69, 9.17) is 16.3 Å². The Morgan fingerprint density at radius 3 is 2.53 bits per heavy atom. The highest BCUT2D eigenvalue weighted by atomic mass is 35.5. The summed E-state index contributed by atoms with van der Waals surface area (Å²) in [4.78, 5) is 12.2. The van der Waals surface area contributed by atoms with Crippen molar-refractivity contribution in [1.82, 2.24) is 0 Å². The second-order valence-electron chi connectivity index (χ2n) is 3.86. The Morgan fingerprint density at radius 1 is 1.40 bits per heavy atom. The molecule has 1 aliphatic rings. The first-order valence-electron chi connectivity index (χ1n) is 5.04. The van der Waals surface area contributed by atoms with E-state index < -0.39 is 5.60 Å². The Hall–Kier alpha value is -0.860. The molecule has 0 spiro atoms. The molecule has 0 unspecified atom stereocenters. The van der Waals surface area contributed by atoms with E-state index >= 15 is 0 Å². The summed E-state index contributed by atoms with van der Waals surface area (Å²) < 4.78 is 5.34. The minimum atomic E-state index is -0.606. The van der Waals surface area contributed by atoms with Crippen LogP contribution in [0.3, 0.4) is 0 Å². The Bertz CT molecular complexity index is 377. The summed E-state index contributed by atoms with van der Waals surface area (Å²) in [6, 6.07) is 7.13. The van der Waals surface area contributed by atoms with Gasteiger partial charge >= 0.3 is 0 Å². The van der Waals surface area contributed by atoms with Gasteiger partial charge in [0.15, 0.2) is 5.78 Å². The van der Waals surface area contributed by atoms with Gasteiger partial charge in [0.25, 0.3) is 0 Å². The summed E-state index contributed by atoms with van der Waals surface area (Å²) in [5.41, 5.74) is -0.0360. The Kier molecular flexibility index (Phi) is 2.81. The number of carbonyl (C=O) groups excluding carboxylic acids is 1. The van der Waals surface area contributed by atoms with Crippen molar-refractivity contribution in [3.8, 4) is 0 Å². The van der Waals surface area contributed by atoms with Gasteiger partial charge in [-0.3, -0.25) is 4.79 Å². The summed E-state index contributed by atoms with van der Waals surface area (Å²) in [5, 5.41) is 0.505. The standard InChI is InChI=1S/C12H13ClO2/c1-15-12(7-4-8-12)11(14)9-5-2-3-6-10(9)13/h2-3,5-6H,4,7-8H2,1H3. The van der Waals surface area contributed by atoms with Crippen molar-refractivity contribution in [2.24, 2.45) is 0 Å². The second kappa shape index (κ2) is 3.95. The zero-order chi connectivity index (χ0) is 10.9. The molecule has 0 aromatic heterocycles. The van der Waals surface area contributed by atoms with Crippen LogP contribution in [0.15, 0.2) is 24.3 Å². The number of halogens is 1. The average Bonchev–Trinajstić information content (AvgIpc) is 2.17. The van der Waals surface area contributed by atoms with E-state index in [9.17, 15) is 4.79 Å². The zero-order valence-electron chi connectivity index (χ0n) is 8.63. The lowest BCUT2D eigenvalue weighted by Gasteiger charge is -2.38. The molecule has 0 atom stereocenters. The fraction of sp³-hybridized carbons (Fsp3) is 0.417. The molecular formula is C12H13ClO2. The van der Waals surface area contributed by atoms with Crippen LogP contribution in [0.25, 0.3) is 0 Å². The normalized spacial score (nSPS) is 18.3. The second-order valence-corrected chi connectivity index (χ2v) is 4.27. The van der Waals surface area contributed by atoms with E-state index in [1.165, 1.54) is 0 Å². The minimum Gasteiger partial charge on any atom is -0.370 e. The molecule has 0 N–H and O–H groups in total. The highest BCUT2D eigenvalue weighted by Gasteiger charge is 2.45. The number of rotatable bonds is 3. The molecule has 0 heterocycles. The van der Waals surface area contributed by atoms with Gasteiger partial charge in [0.1, 0.15) is 5.60 Å². The third-order valence-corrected chi connectivity index (χ3v) is 3.41. The highest BCUT2D eigenvalue weighted by Crippen LogP contribution is 2.39. The van der Waals surface area contributed by atoms with Gasteiger partial charge in [-0.05, 0) is 31.4 Å². The van der Waals surface area contributed by atoms with Crippen molar-refractivity contribution < 1.29 is 9.53 Å². The number of carbonyl (C=O) groups is 1. The molecule has 1 aromatic rings. The Balaban J connectivity index is 2.32. The third-order valence-electron chi connectivity index (χ3n) is 3.08. The average molecular weight is 225 g/mol. The molecule has 0 bridgehead atoms. The van der Waals surface area contributed by atoms with Gasteiger partial charge in [0.2, 0.25) is 0 Å². The van der Waals surface area contributed by atoms with E-state index in [0.29, 0.717) is 10.6 Å². The van der Waals surface area contributed by atoms with Gasteiger partial charge in [-0.15, -0.1) is 0 Å². The van der Waals surface area contributed by atoms with Crippen LogP contribution >= 0.6 is 11.6 Å². The van der Waals surface area contributed by atoms with Crippen molar-refractivity contribution in [1.29, 1.82) is 0 Å². The largest absolute Gasteiger partial charge is 0.370 e. The fourth-order valence-corrected chi connectivity index (χ4v) is 2.13. The van der Waals surface area contributed by atoms with Crippen LogP contribution in [-0.2, 0) is 4.74 Å². The number of benzene rings is 1. The number of hydrogen-bond donors (Lipinski definition) is 0. The van der Waals surface area contributed by atoms with Crippen LogP contribution < -0.4 is 0 Å². The van der Waals surface area contributed by atoms with Gasteiger partial charge in [0.05, 0.1) is 5.02 Å². The van der Waals surface area contributed by atoms with E-state index in [0.717, 1.165) is 19.3 Å². The maximum Gasteiger partial charge on any atom is 0.196 e. The van der Waals surface area contributed by atoms with Crippen molar-refractivity contribution >= 4 is 17.4 Å². The number of ether oxygens (including phenoxy) is 1. The van der Waals surface area contributed by atoms with Gasteiger partial charge in [0, 0.05) is 12.7 Å². The Labute approximate surface area is 94.2 Å². The number of hydrogen-bond acceptors (Lipinski definition) is 2. The van der Waals surface area contributed by atoms with Crippen LogP contribution in [0, 0.1) is 0 Å². The first kappa shape index (κ1) is 10.7. The van der Waals surface area contributed by atoms with Crippen molar-refractivity contribution in [2.75, 3.05) is 7.11 Å². The lowest BCUT2D eigenvalue weighted by molar-refractivity contribution is -0.0448. The van der Waals surface area contributed by atoms with Crippen LogP contribution in [0.5, 0.6) is 0 Å². The monoisotopic (exact) mass is 224 g/mol. The van der Waals surface area contributed by atoms with Gasteiger partial charge < -0.3 is 4.74 Å². The summed E-state index contributed by atoms with van der Waals surface area (Å²) in [6.45, 7) is 0. The quantitative estimate of drug-likeness (QED) is 0.738. The van der Waals surface area contributed by atoms with E-state index in [2.05, 4.69) is 0 Å². The topological polar surface area (TPSA) is 26.3 Å². The molecule has 2 nitrogen and oxygen atoms in total. The smallest absolute Gasteiger partial charge is 0.196 e. The SMILES string of the molecule is COC1(C(=O)c2ccccc2Cl)CCC1. The molecule has 0 aliphatic heterocycles. The highest BCUT2D eigenvalue weighted by molar-refractivity contribution is 6.34. The number of ketones is 1. The molecule has 1 aromatic carbocycles. The van der Waals surface area contributed by atoms with Crippen molar-refractivity contribution in [2.45, 2.75) is 24.9 Å². The van der Waals surface area contributed by atoms with Gasteiger partial charge in [-0.2, -0.15) is 0 Å². The molecule has 1 aliphatic carbocycles. The molecule has 15 heavy (non-hydrogen) atoms. The minimum absolute atomic E-state index is 0.0156. The summed E-state index contributed by atoms with van der Waals surface area (Å²) in [5.74, 6) is 0.0156. The first-order chi connectivity index (χ1) is 7.19. The Morgan fingerprint density at radius 2 is 2.07 bits per heavy atom. The molecule has 0 radical (unpaired) electrons. The van der Waals surface area contributed by atoms with Crippen molar-refractivity contribution in [3.05, 3.63) is 34.9 Å². The predicted molar refractivity (Wildman–Crippen MR) is 59.4 cm³/mol. The molecular weight excluding hydrogens is 212 g/mol. The number of methoxy groups -OCH3 is 1. The lowest BCUT2D eigenvalue weighted by Crippen LogP contribution is -2.47. The molecule has 2 rings (SSSR count). The van der Waals surface area contributed by atoms with E-state index in [1.54, 1.807) is 19.2 Å². The summed E-state index contributed by atoms with van der Waals surface area (Å²) >= 11 is 5.99. The molecule has 0 saturated heterocycles. The first-order valence-corrected chi connectivity index (χ1v) is 5.42. The molecule has 3 heteroatoms. The summed E-state index contributed by atoms with van der Waals surface area (Å²) in [7, 11) is 1.59. The van der Waals surface area contributed by atoms with Gasteiger partial charge in [-0.1, -0.05) is 23.7 Å². The number of Topliss-reactive ketones (excluding diaryl/α,β-unsaturated/α-hetero) is 1. The molecule has 1 fully saturated rings. The zero-order valence-corrected chi connectivity index (χ0v) is 9.38. The molecule has 80 valence electrons. The van der Waals surface area contributed by atoms with Crippen LogP contribution in [-0.4, -0.2) is 18.5 Å². The van der Waals surface area contributed by atoms with E-state index in [1.807, 2.05) is 12.1 Å².